The van der Waals surface area contributed by atoms with Crippen molar-refractivity contribution in [1.82, 2.24) is 4.90 Å². The molecule has 3 unspecified atom stereocenters. The van der Waals surface area contributed by atoms with Crippen molar-refractivity contribution in [2.75, 3.05) is 12.3 Å². The van der Waals surface area contributed by atoms with Crippen molar-refractivity contribution in [2.45, 2.75) is 37.5 Å². The average Bonchev–Trinajstić information content (AvgIpc) is 2.94. The van der Waals surface area contributed by atoms with Crippen LogP contribution in [0.5, 0.6) is 0 Å². The lowest BCUT2D eigenvalue weighted by Crippen LogP contribution is -2.41. The van der Waals surface area contributed by atoms with Gasteiger partial charge in [0.05, 0.1) is 0 Å². The van der Waals surface area contributed by atoms with Crippen molar-refractivity contribution in [3.8, 4) is 0 Å². The van der Waals surface area contributed by atoms with Crippen LogP contribution in [0.2, 0.25) is 0 Å². The molecule has 0 aromatic heterocycles. The normalized spacial score (nSPS) is 30.2. The molecule has 0 aromatic rings. The first-order valence-corrected chi connectivity index (χ1v) is 6.78. The Labute approximate surface area is 99.4 Å². The Balaban J connectivity index is 1.90. The highest BCUT2D eigenvalue weighted by Crippen LogP contribution is 2.38. The molecule has 1 N–H and O–H groups in total. The number of hydrogen-bond donors (Lipinski definition) is 1. The lowest BCUT2D eigenvalue weighted by Gasteiger charge is -2.22. The third-order valence-electron chi connectivity index (χ3n) is 3.35. The Hall–Kier alpha value is -0.710. The summed E-state index contributed by atoms with van der Waals surface area (Å²) in [5, 5.41) is 9.61. The first-order chi connectivity index (χ1) is 7.59. The summed E-state index contributed by atoms with van der Waals surface area (Å²) in [5.74, 6) is 0.688. The van der Waals surface area contributed by atoms with Crippen LogP contribution in [0, 0.1) is 5.92 Å². The van der Waals surface area contributed by atoms with Crippen molar-refractivity contribution in [3.63, 3.8) is 0 Å². The maximum atomic E-state index is 12.0. The summed E-state index contributed by atoms with van der Waals surface area (Å²) in [4.78, 5) is 24.5. The molecule has 0 saturated carbocycles. The Kier molecular flexibility index (Phi) is 3.42. The standard InChI is InChI=1S/C11H17NO3S/c1-7(9-6-16-9)5-10(13)12-4-2-3-8(12)11(14)15/h7-9H,2-6H2,1H3,(H,14,15). The molecule has 16 heavy (non-hydrogen) atoms. The van der Waals surface area contributed by atoms with Crippen LogP contribution in [0.15, 0.2) is 0 Å². The number of aliphatic carboxylic acids is 1. The third-order valence-corrected chi connectivity index (χ3v) is 4.53. The van der Waals surface area contributed by atoms with Gasteiger partial charge < -0.3 is 10.0 Å². The highest BCUT2D eigenvalue weighted by molar-refractivity contribution is 8.06. The predicted molar refractivity (Wildman–Crippen MR) is 62.4 cm³/mol. The van der Waals surface area contributed by atoms with Gasteiger partial charge in [0.25, 0.3) is 0 Å². The lowest BCUT2D eigenvalue weighted by atomic mass is 10.0. The molecule has 0 aliphatic carbocycles. The van der Waals surface area contributed by atoms with E-state index in [1.807, 2.05) is 11.8 Å². The van der Waals surface area contributed by atoms with E-state index in [0.29, 0.717) is 30.6 Å². The van der Waals surface area contributed by atoms with Crippen LogP contribution in [0.4, 0.5) is 0 Å². The van der Waals surface area contributed by atoms with Gasteiger partial charge in [0, 0.05) is 24.0 Å². The minimum Gasteiger partial charge on any atom is -0.480 e. The third kappa shape index (κ3) is 2.51. The molecule has 2 heterocycles. The van der Waals surface area contributed by atoms with Gasteiger partial charge in [0.1, 0.15) is 6.04 Å². The van der Waals surface area contributed by atoms with E-state index in [9.17, 15) is 9.59 Å². The molecule has 90 valence electrons. The molecule has 0 spiro atoms. The first-order valence-electron chi connectivity index (χ1n) is 5.73. The Morgan fingerprint density at radius 1 is 1.56 bits per heavy atom. The smallest absolute Gasteiger partial charge is 0.326 e. The summed E-state index contributed by atoms with van der Waals surface area (Å²) >= 11 is 1.88. The minimum absolute atomic E-state index is 0.0184. The molecule has 2 aliphatic heterocycles. The molecule has 2 fully saturated rings. The van der Waals surface area contributed by atoms with Crippen molar-refractivity contribution in [1.29, 1.82) is 0 Å². The zero-order valence-electron chi connectivity index (χ0n) is 9.39. The number of carboxylic acid groups (broad SMARTS) is 1. The number of carbonyl (C=O) groups excluding carboxylic acids is 1. The van der Waals surface area contributed by atoms with Crippen molar-refractivity contribution < 1.29 is 14.7 Å². The Bertz CT molecular complexity index is 304. The Morgan fingerprint density at radius 2 is 2.25 bits per heavy atom. The SMILES string of the molecule is CC(CC(=O)N1CCCC1C(=O)O)C1CS1. The molecule has 2 aliphatic rings. The summed E-state index contributed by atoms with van der Waals surface area (Å²) in [6.07, 6.45) is 1.92. The van der Waals surface area contributed by atoms with Crippen LogP contribution in [0.3, 0.4) is 0 Å². The van der Waals surface area contributed by atoms with E-state index >= 15 is 0 Å². The molecule has 0 bridgehead atoms. The minimum atomic E-state index is -0.862. The number of amides is 1. The summed E-state index contributed by atoms with van der Waals surface area (Å²) in [5.41, 5.74) is 0. The monoisotopic (exact) mass is 243 g/mol. The second kappa shape index (κ2) is 4.65. The largest absolute Gasteiger partial charge is 0.480 e. The molecule has 1 amide bonds. The molecule has 2 saturated heterocycles. The molecule has 0 aromatic carbocycles. The molecular weight excluding hydrogens is 226 g/mol. The van der Waals surface area contributed by atoms with E-state index in [0.717, 1.165) is 12.2 Å². The van der Waals surface area contributed by atoms with Gasteiger partial charge in [0.2, 0.25) is 5.91 Å². The number of carbonyl (C=O) groups is 2. The molecule has 4 nitrogen and oxygen atoms in total. The highest BCUT2D eigenvalue weighted by Gasteiger charge is 2.36. The van der Waals surface area contributed by atoms with Gasteiger partial charge in [0.15, 0.2) is 0 Å². The van der Waals surface area contributed by atoms with Crippen LogP contribution in [0.1, 0.15) is 26.2 Å². The zero-order chi connectivity index (χ0) is 11.7. The number of thioether (sulfide) groups is 1. The number of carboxylic acids is 1. The van der Waals surface area contributed by atoms with Crippen LogP contribution in [-0.4, -0.2) is 45.5 Å². The summed E-state index contributed by atoms with van der Waals surface area (Å²) in [6, 6.07) is -0.577. The first kappa shape index (κ1) is 11.8. The quantitative estimate of drug-likeness (QED) is 0.754. The molecule has 5 heteroatoms. The fourth-order valence-electron chi connectivity index (χ4n) is 2.23. The van der Waals surface area contributed by atoms with E-state index < -0.39 is 12.0 Å². The van der Waals surface area contributed by atoms with Gasteiger partial charge >= 0.3 is 5.97 Å². The van der Waals surface area contributed by atoms with Gasteiger partial charge in [-0.15, -0.1) is 0 Å². The zero-order valence-corrected chi connectivity index (χ0v) is 10.2. The van der Waals surface area contributed by atoms with E-state index in [-0.39, 0.29) is 5.91 Å². The van der Waals surface area contributed by atoms with Gasteiger partial charge in [-0.1, -0.05) is 6.92 Å². The summed E-state index contributed by atoms with van der Waals surface area (Å²) in [6.45, 7) is 2.69. The summed E-state index contributed by atoms with van der Waals surface area (Å²) in [7, 11) is 0. The van der Waals surface area contributed by atoms with E-state index in [2.05, 4.69) is 6.92 Å². The van der Waals surface area contributed by atoms with Crippen LogP contribution >= 0.6 is 11.8 Å². The number of likely N-dealkylation sites (tertiary alicyclic amines) is 1. The van der Waals surface area contributed by atoms with Crippen LogP contribution in [0.25, 0.3) is 0 Å². The van der Waals surface area contributed by atoms with Crippen molar-refractivity contribution >= 4 is 23.6 Å². The van der Waals surface area contributed by atoms with E-state index in [1.54, 1.807) is 4.90 Å². The molecule has 0 radical (unpaired) electrons. The molecular formula is C11H17NO3S. The highest BCUT2D eigenvalue weighted by atomic mass is 32.2. The van der Waals surface area contributed by atoms with Gasteiger partial charge in [-0.2, -0.15) is 11.8 Å². The van der Waals surface area contributed by atoms with E-state index in [1.165, 1.54) is 0 Å². The number of nitrogens with zero attached hydrogens (tertiary/aromatic N) is 1. The topological polar surface area (TPSA) is 57.6 Å². The fourth-order valence-corrected chi connectivity index (χ4v) is 3.09. The van der Waals surface area contributed by atoms with Gasteiger partial charge in [-0.3, -0.25) is 4.79 Å². The lowest BCUT2D eigenvalue weighted by molar-refractivity contribution is -0.148. The van der Waals surface area contributed by atoms with Crippen LogP contribution in [-0.2, 0) is 9.59 Å². The fraction of sp³-hybridized carbons (Fsp3) is 0.818. The van der Waals surface area contributed by atoms with Gasteiger partial charge in [-0.05, 0) is 18.8 Å². The maximum absolute atomic E-state index is 12.0. The number of rotatable bonds is 4. The van der Waals surface area contributed by atoms with Crippen molar-refractivity contribution in [2.24, 2.45) is 5.92 Å². The second-order valence-electron chi connectivity index (χ2n) is 4.64. The van der Waals surface area contributed by atoms with Crippen molar-refractivity contribution in [3.05, 3.63) is 0 Å². The average molecular weight is 243 g/mol. The second-order valence-corrected chi connectivity index (χ2v) is 5.91. The Morgan fingerprint density at radius 3 is 2.81 bits per heavy atom. The molecule has 2 rings (SSSR count). The number of hydrogen-bond acceptors (Lipinski definition) is 3. The van der Waals surface area contributed by atoms with E-state index in [4.69, 9.17) is 5.11 Å². The van der Waals surface area contributed by atoms with Gasteiger partial charge in [-0.25, -0.2) is 4.79 Å². The molecule has 3 atom stereocenters. The maximum Gasteiger partial charge on any atom is 0.326 e. The predicted octanol–water partition coefficient (Wildman–Crippen LogP) is 1.20. The van der Waals surface area contributed by atoms with Crippen LogP contribution < -0.4 is 0 Å². The summed E-state index contributed by atoms with van der Waals surface area (Å²) < 4.78 is 0.